The molecule has 3 rings (SSSR count). The molecule has 10 heteroatoms. The van der Waals surface area contributed by atoms with Crippen LogP contribution in [0.5, 0.6) is 0 Å². The van der Waals surface area contributed by atoms with Crippen LogP contribution in [0.4, 0.5) is 0 Å². The molecule has 2 aromatic rings. The van der Waals surface area contributed by atoms with Gasteiger partial charge in [-0.3, -0.25) is 10.0 Å². The Balaban J connectivity index is 1.65. The van der Waals surface area contributed by atoms with Crippen molar-refractivity contribution >= 4 is 21.5 Å². The monoisotopic (exact) mass is 490 g/mol. The number of benzene rings is 2. The maximum atomic E-state index is 12.2. The Hall–Kier alpha value is -2.79. The second-order valence-electron chi connectivity index (χ2n) is 8.71. The number of carbonyl (C=O) groups excluding carboxylic acids is 1. The van der Waals surface area contributed by atoms with Crippen molar-refractivity contribution in [3.8, 4) is 11.1 Å². The van der Waals surface area contributed by atoms with E-state index in [1.807, 2.05) is 48.5 Å². The van der Waals surface area contributed by atoms with Gasteiger partial charge in [0.15, 0.2) is 14.6 Å². The molecule has 0 aromatic heterocycles. The number of methoxy groups -OCH3 is 1. The number of sulfone groups is 1. The fourth-order valence-electron chi connectivity index (χ4n) is 3.89. The predicted octanol–water partition coefficient (Wildman–Crippen LogP) is 2.10. The van der Waals surface area contributed by atoms with Crippen LogP contribution in [-0.2, 0) is 30.6 Å². The quantitative estimate of drug-likeness (QED) is 0.343. The first kappa shape index (κ1) is 25.8. The molecule has 1 heterocycles. The standard InChI is InChI=1S/C24H30N2O7S/c1-24(23(28)25-29,34(3,30)31)14-21-13-22(26-33-21)19-10-8-18(9-11-19)17-6-4-16(5-7-17)12-20(27)15-32-2/h4-11,20-21,27,29H,12-15H2,1-3H3,(H,25,28). The second kappa shape index (κ2) is 10.6. The predicted molar refractivity (Wildman–Crippen MR) is 127 cm³/mol. The molecule has 0 radical (unpaired) electrons. The van der Waals surface area contributed by atoms with Gasteiger partial charge < -0.3 is 14.7 Å². The zero-order valence-electron chi connectivity index (χ0n) is 19.4. The fourth-order valence-corrected chi connectivity index (χ4v) is 4.76. The van der Waals surface area contributed by atoms with Gasteiger partial charge in [-0.25, -0.2) is 13.9 Å². The van der Waals surface area contributed by atoms with Gasteiger partial charge in [-0.05, 0) is 29.2 Å². The van der Waals surface area contributed by atoms with E-state index in [1.54, 1.807) is 7.11 Å². The van der Waals surface area contributed by atoms with Gasteiger partial charge in [0.05, 0.1) is 18.4 Å². The van der Waals surface area contributed by atoms with Crippen LogP contribution in [0.2, 0.25) is 0 Å². The third kappa shape index (κ3) is 5.82. The normalized spacial score (nSPS) is 18.5. The molecule has 0 saturated heterocycles. The second-order valence-corrected chi connectivity index (χ2v) is 11.2. The summed E-state index contributed by atoms with van der Waals surface area (Å²) in [6, 6.07) is 15.7. The number of aliphatic hydroxyl groups is 1. The van der Waals surface area contributed by atoms with Gasteiger partial charge in [0.2, 0.25) is 0 Å². The summed E-state index contributed by atoms with van der Waals surface area (Å²) in [7, 11) is -2.26. The molecule has 34 heavy (non-hydrogen) atoms. The van der Waals surface area contributed by atoms with E-state index >= 15 is 0 Å². The molecular weight excluding hydrogens is 460 g/mol. The number of hydroxylamine groups is 1. The van der Waals surface area contributed by atoms with Crippen LogP contribution in [0.15, 0.2) is 53.7 Å². The minimum Gasteiger partial charge on any atom is -0.392 e. The molecule has 9 nitrogen and oxygen atoms in total. The van der Waals surface area contributed by atoms with Crippen molar-refractivity contribution in [1.29, 1.82) is 0 Å². The molecule has 3 unspecified atom stereocenters. The minimum absolute atomic E-state index is 0.144. The molecule has 3 atom stereocenters. The maximum absolute atomic E-state index is 12.2. The molecule has 3 N–H and O–H groups in total. The lowest BCUT2D eigenvalue weighted by atomic mass is 9.95. The maximum Gasteiger partial charge on any atom is 0.264 e. The molecule has 184 valence electrons. The van der Waals surface area contributed by atoms with E-state index < -0.39 is 32.7 Å². The van der Waals surface area contributed by atoms with Gasteiger partial charge in [0, 0.05) is 32.6 Å². The number of amides is 1. The summed E-state index contributed by atoms with van der Waals surface area (Å²) in [5, 5.41) is 22.9. The number of nitrogens with zero attached hydrogens (tertiary/aromatic N) is 1. The zero-order chi connectivity index (χ0) is 24.9. The lowest BCUT2D eigenvalue weighted by Crippen LogP contribution is -2.51. The highest BCUT2D eigenvalue weighted by molar-refractivity contribution is 7.92. The number of oxime groups is 1. The third-order valence-electron chi connectivity index (χ3n) is 6.09. The molecule has 0 saturated carbocycles. The average Bonchev–Trinajstić information content (AvgIpc) is 3.26. The Labute approximate surface area is 199 Å². The van der Waals surface area contributed by atoms with Crippen molar-refractivity contribution < 1.29 is 33.1 Å². The highest BCUT2D eigenvalue weighted by Crippen LogP contribution is 2.30. The highest BCUT2D eigenvalue weighted by Gasteiger charge is 2.47. The van der Waals surface area contributed by atoms with Gasteiger partial charge in [0.25, 0.3) is 5.91 Å². The number of hydrogen-bond acceptors (Lipinski definition) is 8. The van der Waals surface area contributed by atoms with E-state index in [4.69, 9.17) is 14.8 Å². The van der Waals surface area contributed by atoms with Crippen molar-refractivity contribution in [2.24, 2.45) is 5.16 Å². The van der Waals surface area contributed by atoms with Gasteiger partial charge in [-0.1, -0.05) is 53.7 Å². The van der Waals surface area contributed by atoms with Crippen molar-refractivity contribution in [3.05, 3.63) is 59.7 Å². The first-order valence-electron chi connectivity index (χ1n) is 10.8. The van der Waals surface area contributed by atoms with E-state index in [0.29, 0.717) is 25.2 Å². The highest BCUT2D eigenvalue weighted by atomic mass is 32.2. The van der Waals surface area contributed by atoms with Gasteiger partial charge >= 0.3 is 0 Å². The van der Waals surface area contributed by atoms with Crippen LogP contribution in [-0.4, -0.2) is 67.3 Å². The zero-order valence-corrected chi connectivity index (χ0v) is 20.2. The van der Waals surface area contributed by atoms with Crippen molar-refractivity contribution in [2.75, 3.05) is 20.0 Å². The first-order valence-corrected chi connectivity index (χ1v) is 12.7. The van der Waals surface area contributed by atoms with Crippen molar-refractivity contribution in [1.82, 2.24) is 5.48 Å². The Morgan fingerprint density at radius 3 is 2.26 bits per heavy atom. The lowest BCUT2D eigenvalue weighted by Gasteiger charge is -2.26. The first-order chi connectivity index (χ1) is 16.1. The Morgan fingerprint density at radius 2 is 1.74 bits per heavy atom. The summed E-state index contributed by atoms with van der Waals surface area (Å²) in [6.07, 6.45) is 0.504. The number of nitrogens with one attached hydrogen (secondary N) is 1. The van der Waals surface area contributed by atoms with Gasteiger partial charge in [-0.2, -0.15) is 0 Å². The van der Waals surface area contributed by atoms with Gasteiger partial charge in [0.1, 0.15) is 6.10 Å². The molecule has 0 bridgehead atoms. The summed E-state index contributed by atoms with van der Waals surface area (Å²) in [6.45, 7) is 1.55. The van der Waals surface area contributed by atoms with Crippen LogP contribution in [0.25, 0.3) is 11.1 Å². The number of carbonyl (C=O) groups is 1. The van der Waals surface area contributed by atoms with E-state index in [2.05, 4.69) is 5.16 Å². The summed E-state index contributed by atoms with van der Waals surface area (Å²) in [5.41, 5.74) is 5.97. The summed E-state index contributed by atoms with van der Waals surface area (Å²) >= 11 is 0. The number of rotatable bonds is 10. The molecule has 2 aromatic carbocycles. The summed E-state index contributed by atoms with van der Waals surface area (Å²) in [4.78, 5) is 17.5. The van der Waals surface area contributed by atoms with Crippen LogP contribution >= 0.6 is 0 Å². The van der Waals surface area contributed by atoms with Crippen LogP contribution < -0.4 is 5.48 Å². The average molecular weight is 491 g/mol. The molecule has 1 amide bonds. The van der Waals surface area contributed by atoms with Gasteiger partial charge in [-0.15, -0.1) is 0 Å². The van der Waals surface area contributed by atoms with E-state index in [-0.39, 0.29) is 6.42 Å². The molecule has 0 fully saturated rings. The Kier molecular flexibility index (Phi) is 8.09. The number of aliphatic hydroxyl groups excluding tert-OH is 1. The van der Waals surface area contributed by atoms with E-state index in [1.165, 1.54) is 12.4 Å². The molecule has 1 aliphatic rings. The molecule has 1 aliphatic heterocycles. The largest absolute Gasteiger partial charge is 0.392 e. The molecule has 0 aliphatic carbocycles. The SMILES string of the molecule is COCC(O)Cc1ccc(-c2ccc(C3=NOC(CC(C)(C(=O)NO)S(C)(=O)=O)C3)cc2)cc1. The summed E-state index contributed by atoms with van der Waals surface area (Å²) in [5.74, 6) is -1.00. The van der Waals surface area contributed by atoms with Crippen molar-refractivity contribution in [2.45, 2.75) is 43.1 Å². The van der Waals surface area contributed by atoms with E-state index in [9.17, 15) is 18.3 Å². The van der Waals surface area contributed by atoms with Crippen LogP contribution in [0.3, 0.4) is 0 Å². The van der Waals surface area contributed by atoms with Crippen LogP contribution in [0.1, 0.15) is 30.9 Å². The Bertz CT molecular complexity index is 1130. The smallest absolute Gasteiger partial charge is 0.264 e. The van der Waals surface area contributed by atoms with Crippen molar-refractivity contribution in [3.63, 3.8) is 0 Å². The Morgan fingerprint density at radius 1 is 1.18 bits per heavy atom. The molecule has 0 spiro atoms. The minimum atomic E-state index is -3.82. The molecular formula is C24H30N2O7S. The van der Waals surface area contributed by atoms with E-state index in [0.717, 1.165) is 28.5 Å². The third-order valence-corrected chi connectivity index (χ3v) is 8.08. The lowest BCUT2D eigenvalue weighted by molar-refractivity contribution is -0.132. The van der Waals surface area contributed by atoms with Crippen LogP contribution in [0, 0.1) is 0 Å². The number of ether oxygens (including phenoxy) is 1. The fraction of sp³-hybridized carbons (Fsp3) is 0.417. The topological polar surface area (TPSA) is 135 Å². The number of hydrogen-bond donors (Lipinski definition) is 3. The summed E-state index contributed by atoms with van der Waals surface area (Å²) < 4.78 is 27.5.